The lowest BCUT2D eigenvalue weighted by Crippen LogP contribution is -2.37. The summed E-state index contributed by atoms with van der Waals surface area (Å²) in [6.45, 7) is 0. The number of halogens is 2. The Balaban J connectivity index is 2.97. The van der Waals surface area contributed by atoms with Gasteiger partial charge in [0.2, 0.25) is 5.91 Å². The van der Waals surface area contributed by atoms with E-state index >= 15 is 0 Å². The van der Waals surface area contributed by atoms with Crippen LogP contribution in [0.4, 0.5) is 14.5 Å². The van der Waals surface area contributed by atoms with Gasteiger partial charge in [0, 0.05) is 6.07 Å². The highest BCUT2D eigenvalue weighted by molar-refractivity contribution is 5.98. The zero-order valence-corrected chi connectivity index (χ0v) is 9.89. The Kier molecular flexibility index (Phi) is 4.70. The molecular weight excluding hydrogens is 278 g/mol. The fourth-order valence-corrected chi connectivity index (χ4v) is 1.31. The smallest absolute Gasteiger partial charge is 0.338 e. The van der Waals surface area contributed by atoms with E-state index in [-0.39, 0.29) is 0 Å². The maximum Gasteiger partial charge on any atom is 0.338 e. The van der Waals surface area contributed by atoms with Crippen LogP contribution in [0.15, 0.2) is 12.1 Å². The summed E-state index contributed by atoms with van der Waals surface area (Å²) in [7, 11) is 0. The van der Waals surface area contributed by atoms with E-state index in [1.54, 1.807) is 0 Å². The highest BCUT2D eigenvalue weighted by atomic mass is 19.1. The van der Waals surface area contributed by atoms with Gasteiger partial charge in [-0.15, -0.1) is 0 Å². The molecule has 0 bridgehead atoms. The van der Waals surface area contributed by atoms with Gasteiger partial charge in [-0.25, -0.2) is 13.6 Å². The second-order valence-electron chi connectivity index (χ2n) is 3.81. The Labute approximate surface area is 111 Å². The molecule has 0 aliphatic carbocycles. The number of nitrogens with two attached hydrogens (primary N) is 1. The molecule has 0 saturated carbocycles. The molecule has 1 atom stereocenters. The highest BCUT2D eigenvalue weighted by Gasteiger charge is 2.21. The van der Waals surface area contributed by atoms with Gasteiger partial charge in [0.1, 0.15) is 11.6 Å². The van der Waals surface area contributed by atoms with E-state index in [4.69, 9.17) is 15.9 Å². The molecule has 9 heteroatoms. The number of hydrogen-bond donors (Lipinski definition) is 4. The average molecular weight is 288 g/mol. The summed E-state index contributed by atoms with van der Waals surface area (Å²) in [5.74, 6) is -6.52. The third-order valence-corrected chi connectivity index (χ3v) is 2.28. The van der Waals surface area contributed by atoms with Crippen LogP contribution in [0.2, 0.25) is 0 Å². The normalized spacial score (nSPS) is 11.8. The van der Waals surface area contributed by atoms with Crippen molar-refractivity contribution in [2.24, 2.45) is 5.73 Å². The monoisotopic (exact) mass is 288 g/mol. The second kappa shape index (κ2) is 6.06. The van der Waals surface area contributed by atoms with Crippen LogP contribution in [0.3, 0.4) is 0 Å². The number of anilines is 1. The topological polar surface area (TPSA) is 130 Å². The number of hydrogen-bond acceptors (Lipinski definition) is 4. The van der Waals surface area contributed by atoms with Crippen molar-refractivity contribution in [1.29, 1.82) is 0 Å². The van der Waals surface area contributed by atoms with Gasteiger partial charge in [-0.1, -0.05) is 0 Å². The van der Waals surface area contributed by atoms with Gasteiger partial charge in [-0.2, -0.15) is 0 Å². The largest absolute Gasteiger partial charge is 0.481 e. The number of aromatic carboxylic acids is 1. The molecule has 1 aromatic carbocycles. The molecule has 1 aromatic rings. The lowest BCUT2D eigenvalue weighted by molar-refractivity contribution is -0.138. The standard InChI is InChI=1S/C11H10F2N2O5/c12-5-2-6(13)8(1-4(5)11(19)20)15-10(18)7(14)3-9(16)17/h1-2,7H,3,14H2,(H,15,18)(H,16,17)(H,19,20). The molecule has 0 spiro atoms. The minimum Gasteiger partial charge on any atom is -0.481 e. The number of benzene rings is 1. The third kappa shape index (κ3) is 3.72. The number of aliphatic carboxylic acids is 1. The lowest BCUT2D eigenvalue weighted by Gasteiger charge is -2.11. The fraction of sp³-hybridized carbons (Fsp3) is 0.182. The summed E-state index contributed by atoms with van der Waals surface area (Å²) in [5, 5.41) is 19.0. The second-order valence-corrected chi connectivity index (χ2v) is 3.81. The van der Waals surface area contributed by atoms with Crippen LogP contribution in [0.25, 0.3) is 0 Å². The van der Waals surface area contributed by atoms with Gasteiger partial charge in [-0.05, 0) is 6.07 Å². The minimum atomic E-state index is -1.65. The minimum absolute atomic E-state index is 0.293. The van der Waals surface area contributed by atoms with Gasteiger partial charge in [0.05, 0.1) is 23.7 Å². The van der Waals surface area contributed by atoms with Crippen LogP contribution in [0, 0.1) is 11.6 Å². The summed E-state index contributed by atoms with van der Waals surface area (Å²) >= 11 is 0. The third-order valence-electron chi connectivity index (χ3n) is 2.28. The summed E-state index contributed by atoms with van der Waals surface area (Å²) in [6.07, 6.45) is -0.694. The number of carboxylic acids is 2. The molecule has 0 saturated heterocycles. The molecule has 5 N–H and O–H groups in total. The lowest BCUT2D eigenvalue weighted by atomic mass is 10.1. The molecular formula is C11H10F2N2O5. The molecule has 1 rings (SSSR count). The first-order valence-electron chi connectivity index (χ1n) is 5.23. The fourth-order valence-electron chi connectivity index (χ4n) is 1.31. The zero-order chi connectivity index (χ0) is 15.4. The molecule has 7 nitrogen and oxygen atoms in total. The van der Waals surface area contributed by atoms with Gasteiger partial charge in [0.15, 0.2) is 0 Å². The van der Waals surface area contributed by atoms with Crippen molar-refractivity contribution >= 4 is 23.5 Å². The van der Waals surface area contributed by atoms with Crippen molar-refractivity contribution in [2.45, 2.75) is 12.5 Å². The Morgan fingerprint density at radius 3 is 2.30 bits per heavy atom. The van der Waals surface area contributed by atoms with E-state index in [0.29, 0.717) is 12.1 Å². The number of rotatable bonds is 5. The summed E-state index contributed by atoms with van der Waals surface area (Å²) < 4.78 is 26.5. The van der Waals surface area contributed by atoms with Crippen LogP contribution >= 0.6 is 0 Å². The number of carboxylic acid groups (broad SMARTS) is 2. The highest BCUT2D eigenvalue weighted by Crippen LogP contribution is 2.20. The summed E-state index contributed by atoms with van der Waals surface area (Å²) in [5.41, 5.74) is 3.80. The predicted octanol–water partition coefficient (Wildman–Crippen LogP) is 0.403. The van der Waals surface area contributed by atoms with Crippen LogP contribution in [0.5, 0.6) is 0 Å². The van der Waals surface area contributed by atoms with E-state index < -0.39 is 53.2 Å². The first-order chi connectivity index (χ1) is 9.22. The van der Waals surface area contributed by atoms with Crippen LogP contribution in [-0.2, 0) is 9.59 Å². The van der Waals surface area contributed by atoms with Crippen molar-refractivity contribution in [3.05, 3.63) is 29.3 Å². The maximum atomic E-state index is 13.4. The van der Waals surface area contributed by atoms with E-state index in [0.717, 1.165) is 0 Å². The molecule has 0 heterocycles. The first-order valence-corrected chi connectivity index (χ1v) is 5.23. The van der Waals surface area contributed by atoms with E-state index in [1.165, 1.54) is 0 Å². The number of carbonyl (C=O) groups excluding carboxylic acids is 1. The van der Waals surface area contributed by atoms with Gasteiger partial charge in [0.25, 0.3) is 0 Å². The zero-order valence-electron chi connectivity index (χ0n) is 9.89. The Bertz CT molecular complexity index is 576. The molecule has 20 heavy (non-hydrogen) atoms. The molecule has 0 radical (unpaired) electrons. The molecule has 108 valence electrons. The Hall–Kier alpha value is -2.55. The van der Waals surface area contributed by atoms with Crippen molar-refractivity contribution < 1.29 is 33.4 Å². The van der Waals surface area contributed by atoms with E-state index in [1.807, 2.05) is 5.32 Å². The maximum absolute atomic E-state index is 13.4. The van der Waals surface area contributed by atoms with Gasteiger partial charge in [-0.3, -0.25) is 9.59 Å². The molecule has 0 fully saturated rings. The molecule has 1 unspecified atom stereocenters. The Morgan fingerprint density at radius 1 is 1.20 bits per heavy atom. The van der Waals surface area contributed by atoms with Crippen molar-refractivity contribution in [2.75, 3.05) is 5.32 Å². The number of amides is 1. The van der Waals surface area contributed by atoms with Gasteiger partial charge >= 0.3 is 11.9 Å². The van der Waals surface area contributed by atoms with Gasteiger partial charge < -0.3 is 21.3 Å². The molecule has 0 aliphatic rings. The van der Waals surface area contributed by atoms with Crippen LogP contribution in [0.1, 0.15) is 16.8 Å². The van der Waals surface area contributed by atoms with Crippen LogP contribution < -0.4 is 11.1 Å². The SMILES string of the molecule is NC(CC(=O)O)C(=O)Nc1cc(C(=O)O)c(F)cc1F. The number of carbonyl (C=O) groups is 3. The quantitative estimate of drug-likeness (QED) is 0.620. The summed E-state index contributed by atoms with van der Waals surface area (Å²) in [6, 6.07) is -0.578. The Morgan fingerprint density at radius 2 is 1.80 bits per heavy atom. The molecule has 1 amide bonds. The molecule has 0 aromatic heterocycles. The van der Waals surface area contributed by atoms with Crippen molar-refractivity contribution in [3.63, 3.8) is 0 Å². The number of nitrogens with one attached hydrogen (secondary N) is 1. The van der Waals surface area contributed by atoms with E-state index in [2.05, 4.69) is 0 Å². The summed E-state index contributed by atoms with van der Waals surface area (Å²) in [4.78, 5) is 32.5. The first kappa shape index (κ1) is 15.5. The van der Waals surface area contributed by atoms with Crippen molar-refractivity contribution in [3.8, 4) is 0 Å². The van der Waals surface area contributed by atoms with Crippen LogP contribution in [-0.4, -0.2) is 34.1 Å². The van der Waals surface area contributed by atoms with E-state index in [9.17, 15) is 23.2 Å². The average Bonchev–Trinajstić information content (AvgIpc) is 2.30. The predicted molar refractivity (Wildman–Crippen MR) is 62.2 cm³/mol. The molecule has 0 aliphatic heterocycles. The van der Waals surface area contributed by atoms with Crippen molar-refractivity contribution in [1.82, 2.24) is 0 Å².